The summed E-state index contributed by atoms with van der Waals surface area (Å²) in [6.07, 6.45) is 2.21. The van der Waals surface area contributed by atoms with E-state index in [0.717, 1.165) is 43.2 Å². The number of carbonyl (C=O) groups excluding carboxylic acids is 1. The molecule has 0 radical (unpaired) electrons. The molecule has 1 saturated heterocycles. The fourth-order valence-corrected chi connectivity index (χ4v) is 2.77. The maximum Gasteiger partial charge on any atom is 0.260 e. The Bertz CT molecular complexity index is 448. The first-order valence-corrected chi connectivity index (χ1v) is 7.79. The van der Waals surface area contributed by atoms with E-state index >= 15 is 0 Å². The third kappa shape index (κ3) is 4.46. The second-order valence-electron chi connectivity index (χ2n) is 6.10. The highest BCUT2D eigenvalue weighted by Crippen LogP contribution is 2.24. The monoisotopic (exact) mass is 290 g/mol. The second kappa shape index (κ2) is 7.46. The van der Waals surface area contributed by atoms with Gasteiger partial charge in [-0.05, 0) is 42.4 Å². The molecule has 0 saturated carbocycles. The summed E-state index contributed by atoms with van der Waals surface area (Å²) >= 11 is 0. The van der Waals surface area contributed by atoms with Crippen LogP contribution in [0.2, 0.25) is 0 Å². The average molecular weight is 290 g/mol. The van der Waals surface area contributed by atoms with Crippen molar-refractivity contribution in [3.05, 3.63) is 29.8 Å². The van der Waals surface area contributed by atoms with Gasteiger partial charge in [0.25, 0.3) is 5.91 Å². The van der Waals surface area contributed by atoms with Crippen molar-refractivity contribution in [1.29, 1.82) is 0 Å². The minimum Gasteiger partial charge on any atom is -0.484 e. The van der Waals surface area contributed by atoms with E-state index in [1.54, 1.807) is 0 Å². The fourth-order valence-electron chi connectivity index (χ4n) is 2.77. The molecule has 2 N–H and O–H groups in total. The van der Waals surface area contributed by atoms with Crippen LogP contribution in [0.15, 0.2) is 24.3 Å². The minimum atomic E-state index is 0.0834. The summed E-state index contributed by atoms with van der Waals surface area (Å²) in [5, 5.41) is 0. The van der Waals surface area contributed by atoms with Gasteiger partial charge in [-0.3, -0.25) is 4.79 Å². The molecule has 2 rings (SSSR count). The summed E-state index contributed by atoms with van der Waals surface area (Å²) < 4.78 is 5.56. The molecule has 4 nitrogen and oxygen atoms in total. The maximum absolute atomic E-state index is 12.2. The predicted octanol–water partition coefficient (Wildman–Crippen LogP) is 2.42. The number of piperidine rings is 1. The largest absolute Gasteiger partial charge is 0.484 e. The zero-order chi connectivity index (χ0) is 15.2. The van der Waals surface area contributed by atoms with Crippen LogP contribution in [0, 0.1) is 11.8 Å². The summed E-state index contributed by atoms with van der Waals surface area (Å²) in [6, 6.07) is 7.57. The van der Waals surface area contributed by atoms with Crippen molar-refractivity contribution in [3.63, 3.8) is 0 Å². The Morgan fingerprint density at radius 3 is 2.43 bits per heavy atom. The van der Waals surface area contributed by atoms with Gasteiger partial charge >= 0.3 is 0 Å². The van der Waals surface area contributed by atoms with Gasteiger partial charge in [-0.2, -0.15) is 0 Å². The number of ether oxygens (including phenoxy) is 1. The first kappa shape index (κ1) is 15.8. The van der Waals surface area contributed by atoms with Gasteiger partial charge in [-0.1, -0.05) is 26.0 Å². The summed E-state index contributed by atoms with van der Waals surface area (Å²) in [5.74, 6) is 2.26. The van der Waals surface area contributed by atoms with Gasteiger partial charge in [0.15, 0.2) is 6.61 Å². The van der Waals surface area contributed by atoms with Gasteiger partial charge in [-0.15, -0.1) is 0 Å². The van der Waals surface area contributed by atoms with Gasteiger partial charge < -0.3 is 15.4 Å². The molecule has 1 fully saturated rings. The molecule has 1 aliphatic heterocycles. The van der Waals surface area contributed by atoms with Crippen molar-refractivity contribution >= 4 is 5.91 Å². The molecule has 4 heteroatoms. The van der Waals surface area contributed by atoms with Crippen LogP contribution in [-0.4, -0.2) is 30.5 Å². The van der Waals surface area contributed by atoms with Gasteiger partial charge in [0.1, 0.15) is 5.75 Å². The molecule has 0 atom stereocenters. The Labute approximate surface area is 127 Å². The van der Waals surface area contributed by atoms with E-state index in [4.69, 9.17) is 10.5 Å². The van der Waals surface area contributed by atoms with E-state index in [1.165, 1.54) is 0 Å². The zero-order valence-corrected chi connectivity index (χ0v) is 13.0. The van der Waals surface area contributed by atoms with Crippen molar-refractivity contribution in [3.8, 4) is 5.75 Å². The van der Waals surface area contributed by atoms with Crippen molar-refractivity contribution in [2.75, 3.05) is 19.7 Å². The standard InChI is InChI=1S/C17H26N2O2/c1-13(2)15-7-9-19(10-8-15)17(20)12-21-16-5-3-14(11-18)4-6-16/h3-6,13,15H,7-12,18H2,1-2H3. The molecular weight excluding hydrogens is 264 g/mol. The number of hydrogen-bond acceptors (Lipinski definition) is 3. The van der Waals surface area contributed by atoms with Crippen LogP contribution in [0.3, 0.4) is 0 Å². The molecule has 1 aromatic rings. The van der Waals surface area contributed by atoms with Crippen molar-refractivity contribution < 1.29 is 9.53 Å². The van der Waals surface area contributed by atoms with Crippen molar-refractivity contribution in [2.24, 2.45) is 17.6 Å². The van der Waals surface area contributed by atoms with Gasteiger partial charge in [-0.25, -0.2) is 0 Å². The topological polar surface area (TPSA) is 55.6 Å². The van der Waals surface area contributed by atoms with E-state index in [9.17, 15) is 4.79 Å². The predicted molar refractivity (Wildman–Crippen MR) is 84.0 cm³/mol. The molecule has 0 aliphatic carbocycles. The molecule has 0 spiro atoms. The molecule has 1 aromatic carbocycles. The number of likely N-dealkylation sites (tertiary alicyclic amines) is 1. The van der Waals surface area contributed by atoms with E-state index in [-0.39, 0.29) is 12.5 Å². The van der Waals surface area contributed by atoms with Crippen LogP contribution >= 0.6 is 0 Å². The fraction of sp³-hybridized carbons (Fsp3) is 0.588. The quantitative estimate of drug-likeness (QED) is 0.906. The lowest BCUT2D eigenvalue weighted by atomic mass is 9.87. The van der Waals surface area contributed by atoms with Gasteiger partial charge in [0.2, 0.25) is 0 Å². The highest BCUT2D eigenvalue weighted by atomic mass is 16.5. The lowest BCUT2D eigenvalue weighted by Gasteiger charge is -2.33. The molecule has 0 bridgehead atoms. The molecule has 21 heavy (non-hydrogen) atoms. The van der Waals surface area contributed by atoms with E-state index in [1.807, 2.05) is 29.2 Å². The van der Waals surface area contributed by atoms with Crippen molar-refractivity contribution in [1.82, 2.24) is 4.90 Å². The number of nitrogens with two attached hydrogens (primary N) is 1. The number of carbonyl (C=O) groups is 1. The van der Waals surface area contributed by atoms with Crippen LogP contribution in [0.25, 0.3) is 0 Å². The first-order valence-electron chi connectivity index (χ1n) is 7.79. The molecule has 0 unspecified atom stereocenters. The molecule has 116 valence electrons. The lowest BCUT2D eigenvalue weighted by Crippen LogP contribution is -2.41. The summed E-state index contributed by atoms with van der Waals surface area (Å²) in [5.41, 5.74) is 6.61. The van der Waals surface area contributed by atoms with Crippen molar-refractivity contribution in [2.45, 2.75) is 33.2 Å². The van der Waals surface area contributed by atoms with Crippen LogP contribution in [-0.2, 0) is 11.3 Å². The second-order valence-corrected chi connectivity index (χ2v) is 6.10. The van der Waals surface area contributed by atoms with Gasteiger partial charge in [0.05, 0.1) is 0 Å². The summed E-state index contributed by atoms with van der Waals surface area (Å²) in [4.78, 5) is 14.1. The smallest absolute Gasteiger partial charge is 0.260 e. The highest BCUT2D eigenvalue weighted by Gasteiger charge is 2.24. The lowest BCUT2D eigenvalue weighted by molar-refractivity contribution is -0.135. The minimum absolute atomic E-state index is 0.0834. The Morgan fingerprint density at radius 1 is 1.29 bits per heavy atom. The number of hydrogen-bond donors (Lipinski definition) is 1. The maximum atomic E-state index is 12.2. The van der Waals surface area contributed by atoms with E-state index in [0.29, 0.717) is 12.5 Å². The Morgan fingerprint density at radius 2 is 1.90 bits per heavy atom. The van der Waals surface area contributed by atoms with Crippen LogP contribution < -0.4 is 10.5 Å². The van der Waals surface area contributed by atoms with Crippen LogP contribution in [0.4, 0.5) is 0 Å². The molecule has 0 aromatic heterocycles. The van der Waals surface area contributed by atoms with E-state index in [2.05, 4.69) is 13.8 Å². The van der Waals surface area contributed by atoms with Crippen LogP contribution in [0.5, 0.6) is 5.75 Å². The molecule has 1 heterocycles. The third-order valence-corrected chi connectivity index (χ3v) is 4.36. The Balaban J connectivity index is 1.77. The molecule has 1 amide bonds. The number of benzene rings is 1. The SMILES string of the molecule is CC(C)C1CCN(C(=O)COc2ccc(CN)cc2)CC1. The van der Waals surface area contributed by atoms with Gasteiger partial charge in [0, 0.05) is 19.6 Å². The number of rotatable bonds is 5. The Hall–Kier alpha value is -1.55. The average Bonchev–Trinajstić information content (AvgIpc) is 2.53. The third-order valence-electron chi connectivity index (χ3n) is 4.36. The summed E-state index contributed by atoms with van der Waals surface area (Å²) in [7, 11) is 0. The highest BCUT2D eigenvalue weighted by molar-refractivity contribution is 5.77. The molecule has 1 aliphatic rings. The van der Waals surface area contributed by atoms with Crippen LogP contribution in [0.1, 0.15) is 32.3 Å². The number of nitrogens with zero attached hydrogens (tertiary/aromatic N) is 1. The zero-order valence-electron chi connectivity index (χ0n) is 13.0. The normalized spacial score (nSPS) is 16.3. The number of amides is 1. The van der Waals surface area contributed by atoms with E-state index < -0.39 is 0 Å². The summed E-state index contributed by atoms with van der Waals surface area (Å²) in [6.45, 7) is 6.87. The Kier molecular flexibility index (Phi) is 5.62. The first-order chi connectivity index (χ1) is 10.1. The molecular formula is C17H26N2O2.